The van der Waals surface area contributed by atoms with Crippen molar-refractivity contribution >= 4 is 23.1 Å². The van der Waals surface area contributed by atoms with Crippen LogP contribution in [0.2, 0.25) is 0 Å². The van der Waals surface area contributed by atoms with Crippen molar-refractivity contribution in [1.29, 1.82) is 0 Å². The molecule has 0 radical (unpaired) electrons. The Bertz CT molecular complexity index is 1020. The topological polar surface area (TPSA) is 64.1 Å². The summed E-state index contributed by atoms with van der Waals surface area (Å²) in [5.41, 5.74) is 3.77. The van der Waals surface area contributed by atoms with Gasteiger partial charge < -0.3 is 19.8 Å². The van der Waals surface area contributed by atoms with E-state index >= 15 is 0 Å². The second-order valence-electron chi connectivity index (χ2n) is 8.96. The third-order valence-corrected chi connectivity index (χ3v) is 6.52. The first kappa shape index (κ1) is 25.5. The van der Waals surface area contributed by atoms with Crippen LogP contribution in [0.5, 0.6) is 0 Å². The quantitative estimate of drug-likeness (QED) is 0.320. The number of nitrogens with zero attached hydrogens (tertiary/aromatic N) is 3. The van der Waals surface area contributed by atoms with Gasteiger partial charge in [-0.2, -0.15) is 0 Å². The van der Waals surface area contributed by atoms with E-state index in [-0.39, 0.29) is 11.3 Å². The van der Waals surface area contributed by atoms with Crippen molar-refractivity contribution in [2.45, 2.75) is 39.7 Å². The van der Waals surface area contributed by atoms with E-state index in [1.807, 2.05) is 62.6 Å². The molecule has 1 N–H and O–H groups in total. The maximum absolute atomic E-state index is 13.2. The molecule has 1 aliphatic rings. The molecular formula is C28H37N3O3. The molecule has 1 heterocycles. The number of likely N-dealkylation sites (tertiary alicyclic amines) is 1. The second-order valence-corrected chi connectivity index (χ2v) is 8.96. The van der Waals surface area contributed by atoms with E-state index < -0.39 is 17.7 Å². The first-order chi connectivity index (χ1) is 16.3. The van der Waals surface area contributed by atoms with Gasteiger partial charge in [0.05, 0.1) is 11.6 Å². The van der Waals surface area contributed by atoms with Crippen LogP contribution in [0.15, 0.2) is 54.1 Å². The average molecular weight is 464 g/mol. The Kier molecular flexibility index (Phi) is 8.51. The van der Waals surface area contributed by atoms with Gasteiger partial charge in [0.25, 0.3) is 11.7 Å². The molecular weight excluding hydrogens is 426 g/mol. The number of amides is 1. The third-order valence-electron chi connectivity index (χ3n) is 6.52. The highest BCUT2D eigenvalue weighted by Crippen LogP contribution is 2.40. The molecule has 0 aromatic heterocycles. The monoisotopic (exact) mass is 463 g/mol. The van der Waals surface area contributed by atoms with E-state index in [1.54, 1.807) is 4.90 Å². The molecule has 6 nitrogen and oxygen atoms in total. The number of rotatable bonds is 10. The second kappa shape index (κ2) is 11.3. The van der Waals surface area contributed by atoms with Crippen LogP contribution in [0.4, 0.5) is 5.69 Å². The zero-order chi connectivity index (χ0) is 24.8. The highest BCUT2D eigenvalue weighted by molar-refractivity contribution is 6.46. The number of aryl methyl sites for hydroxylation is 1. The van der Waals surface area contributed by atoms with Crippen LogP contribution < -0.4 is 4.90 Å². The number of anilines is 1. The Balaban J connectivity index is 2.06. The summed E-state index contributed by atoms with van der Waals surface area (Å²) in [6.45, 7) is 9.32. The standard InChI is InChI=1S/C28H37N3O3/c1-6-20-10-12-22(13-11-20)26(32)24-25(21-14-16-23(17-15-21)30(7-2)8-3)31(28(34)27(24)33)19-9-18-29(4)5/h10-17,25,32H,6-9,18-19H2,1-5H3/b26-24-. The number of benzene rings is 2. The van der Waals surface area contributed by atoms with Crippen molar-refractivity contribution in [2.75, 3.05) is 45.2 Å². The van der Waals surface area contributed by atoms with Crippen LogP contribution >= 0.6 is 0 Å². The molecule has 182 valence electrons. The third kappa shape index (κ3) is 5.33. The van der Waals surface area contributed by atoms with Crippen LogP contribution in [0.3, 0.4) is 0 Å². The molecule has 3 rings (SSSR count). The van der Waals surface area contributed by atoms with Gasteiger partial charge in [-0.25, -0.2) is 0 Å². The summed E-state index contributed by atoms with van der Waals surface area (Å²) in [6.07, 6.45) is 1.62. The average Bonchev–Trinajstić information content (AvgIpc) is 3.09. The number of hydrogen-bond donors (Lipinski definition) is 1. The highest BCUT2D eigenvalue weighted by Gasteiger charge is 2.45. The van der Waals surface area contributed by atoms with E-state index in [0.29, 0.717) is 12.1 Å². The maximum atomic E-state index is 13.2. The fraction of sp³-hybridized carbons (Fsp3) is 0.429. The smallest absolute Gasteiger partial charge is 0.295 e. The first-order valence-electron chi connectivity index (χ1n) is 12.2. The predicted molar refractivity (Wildman–Crippen MR) is 138 cm³/mol. The van der Waals surface area contributed by atoms with Gasteiger partial charge in [-0.3, -0.25) is 9.59 Å². The van der Waals surface area contributed by atoms with Crippen LogP contribution in [-0.2, 0) is 16.0 Å². The molecule has 34 heavy (non-hydrogen) atoms. The summed E-state index contributed by atoms with van der Waals surface area (Å²) in [6, 6.07) is 14.9. The van der Waals surface area contributed by atoms with Crippen molar-refractivity contribution in [1.82, 2.24) is 9.80 Å². The van der Waals surface area contributed by atoms with Gasteiger partial charge in [0, 0.05) is 30.9 Å². The van der Waals surface area contributed by atoms with Crippen LogP contribution in [-0.4, -0.2) is 66.9 Å². The lowest BCUT2D eigenvalue weighted by atomic mass is 9.94. The molecule has 2 aromatic carbocycles. The Morgan fingerprint density at radius 3 is 2.09 bits per heavy atom. The number of Topliss-reactive ketones (excluding diaryl/α,β-unsaturated/α-hetero) is 1. The maximum Gasteiger partial charge on any atom is 0.295 e. The van der Waals surface area contributed by atoms with Gasteiger partial charge >= 0.3 is 0 Å². The van der Waals surface area contributed by atoms with Crippen molar-refractivity contribution < 1.29 is 14.7 Å². The summed E-state index contributed by atoms with van der Waals surface area (Å²) >= 11 is 0. The minimum absolute atomic E-state index is 0.117. The summed E-state index contributed by atoms with van der Waals surface area (Å²) in [5, 5.41) is 11.2. The summed E-state index contributed by atoms with van der Waals surface area (Å²) in [5.74, 6) is -1.29. The van der Waals surface area contributed by atoms with E-state index in [9.17, 15) is 14.7 Å². The number of ketones is 1. The number of aliphatic hydroxyl groups excluding tert-OH is 1. The Hall–Kier alpha value is -3.12. The number of carbonyl (C=O) groups excluding carboxylic acids is 2. The Morgan fingerprint density at radius 1 is 0.941 bits per heavy atom. The van der Waals surface area contributed by atoms with Crippen molar-refractivity contribution in [3.8, 4) is 0 Å². The fourth-order valence-electron chi connectivity index (χ4n) is 4.52. The molecule has 1 fully saturated rings. The van der Waals surface area contributed by atoms with Gasteiger partial charge in [-0.1, -0.05) is 43.3 Å². The number of hydrogen-bond acceptors (Lipinski definition) is 5. The summed E-state index contributed by atoms with van der Waals surface area (Å²) in [7, 11) is 3.97. The normalized spacial score (nSPS) is 17.6. The van der Waals surface area contributed by atoms with E-state index in [2.05, 4.69) is 30.6 Å². The predicted octanol–water partition coefficient (Wildman–Crippen LogP) is 4.47. The zero-order valence-electron chi connectivity index (χ0n) is 21.0. The zero-order valence-corrected chi connectivity index (χ0v) is 21.0. The van der Waals surface area contributed by atoms with E-state index in [1.165, 1.54) is 0 Å². The Morgan fingerprint density at radius 2 is 1.56 bits per heavy atom. The highest BCUT2D eigenvalue weighted by atomic mass is 16.3. The fourth-order valence-corrected chi connectivity index (χ4v) is 4.52. The molecule has 0 saturated carbocycles. The van der Waals surface area contributed by atoms with E-state index in [4.69, 9.17) is 0 Å². The lowest BCUT2D eigenvalue weighted by molar-refractivity contribution is -0.139. The SMILES string of the molecule is CCc1ccc(/C(O)=C2/C(=O)C(=O)N(CCCN(C)C)C2c2ccc(N(CC)CC)cc2)cc1. The summed E-state index contributed by atoms with van der Waals surface area (Å²) in [4.78, 5) is 32.2. The van der Waals surface area contributed by atoms with Gasteiger partial charge in [0.2, 0.25) is 0 Å². The molecule has 1 atom stereocenters. The minimum Gasteiger partial charge on any atom is -0.507 e. The molecule has 0 bridgehead atoms. The molecule has 2 aromatic rings. The lowest BCUT2D eigenvalue weighted by Crippen LogP contribution is -2.32. The first-order valence-corrected chi connectivity index (χ1v) is 12.2. The van der Waals surface area contributed by atoms with Gasteiger partial charge in [0.1, 0.15) is 5.76 Å². The molecule has 6 heteroatoms. The molecule has 1 aliphatic heterocycles. The van der Waals surface area contributed by atoms with Crippen LogP contribution in [0.1, 0.15) is 49.9 Å². The van der Waals surface area contributed by atoms with Crippen molar-refractivity contribution in [3.63, 3.8) is 0 Å². The molecule has 1 saturated heterocycles. The molecule has 1 amide bonds. The largest absolute Gasteiger partial charge is 0.507 e. The van der Waals surface area contributed by atoms with Gasteiger partial charge in [-0.05, 0) is 70.6 Å². The van der Waals surface area contributed by atoms with Crippen LogP contribution in [0, 0.1) is 0 Å². The Labute approximate surface area is 203 Å². The number of carbonyl (C=O) groups is 2. The van der Waals surface area contributed by atoms with Crippen molar-refractivity contribution in [3.05, 3.63) is 70.8 Å². The van der Waals surface area contributed by atoms with Crippen LogP contribution in [0.25, 0.3) is 5.76 Å². The van der Waals surface area contributed by atoms with E-state index in [0.717, 1.165) is 49.3 Å². The minimum atomic E-state index is -0.625. The van der Waals surface area contributed by atoms with Gasteiger partial charge in [-0.15, -0.1) is 0 Å². The molecule has 0 spiro atoms. The van der Waals surface area contributed by atoms with Crippen molar-refractivity contribution in [2.24, 2.45) is 0 Å². The number of aliphatic hydroxyl groups is 1. The van der Waals surface area contributed by atoms with Gasteiger partial charge in [0.15, 0.2) is 0 Å². The molecule has 1 unspecified atom stereocenters. The summed E-state index contributed by atoms with van der Waals surface area (Å²) < 4.78 is 0. The molecule has 0 aliphatic carbocycles. The lowest BCUT2D eigenvalue weighted by Gasteiger charge is -2.27.